The van der Waals surface area contributed by atoms with Gasteiger partial charge in [-0.1, -0.05) is 18.2 Å². The van der Waals surface area contributed by atoms with Gasteiger partial charge in [0, 0.05) is 13.6 Å². The van der Waals surface area contributed by atoms with Crippen molar-refractivity contribution in [1.82, 2.24) is 10.6 Å². The molecular weight excluding hydrogens is 412 g/mol. The van der Waals surface area contributed by atoms with Crippen molar-refractivity contribution in [3.63, 3.8) is 0 Å². The molecule has 0 aliphatic carbocycles. The van der Waals surface area contributed by atoms with Crippen LogP contribution in [0.2, 0.25) is 0 Å². The van der Waals surface area contributed by atoms with Gasteiger partial charge in [-0.3, -0.25) is 9.79 Å². The van der Waals surface area contributed by atoms with Crippen LogP contribution in [-0.2, 0) is 16.0 Å². The van der Waals surface area contributed by atoms with Crippen molar-refractivity contribution in [1.29, 1.82) is 0 Å². The van der Waals surface area contributed by atoms with E-state index in [4.69, 9.17) is 4.74 Å². The summed E-state index contributed by atoms with van der Waals surface area (Å²) in [4.78, 5) is 15.6. The third-order valence-electron chi connectivity index (χ3n) is 2.69. The van der Waals surface area contributed by atoms with Gasteiger partial charge >= 0.3 is 5.97 Å². The zero-order valence-electron chi connectivity index (χ0n) is 14.0. The lowest BCUT2D eigenvalue weighted by atomic mass is 10.1. The molecule has 0 atom stereocenters. The van der Waals surface area contributed by atoms with E-state index in [9.17, 15) is 9.18 Å². The van der Waals surface area contributed by atoms with E-state index in [-0.39, 0.29) is 42.3 Å². The van der Waals surface area contributed by atoms with E-state index in [1.807, 2.05) is 20.8 Å². The Labute approximate surface area is 154 Å². The molecule has 0 aliphatic heterocycles. The van der Waals surface area contributed by atoms with Gasteiger partial charge in [-0.2, -0.15) is 0 Å². The molecule has 5 nitrogen and oxygen atoms in total. The monoisotopic (exact) mass is 437 g/mol. The van der Waals surface area contributed by atoms with Crippen LogP contribution < -0.4 is 10.6 Å². The van der Waals surface area contributed by atoms with Crippen molar-refractivity contribution in [3.8, 4) is 0 Å². The van der Waals surface area contributed by atoms with Gasteiger partial charge in [0.25, 0.3) is 0 Å². The van der Waals surface area contributed by atoms with E-state index in [0.717, 1.165) is 0 Å². The highest BCUT2D eigenvalue weighted by atomic mass is 127. The Bertz CT molecular complexity index is 530. The quantitative estimate of drug-likeness (QED) is 0.322. The molecular formula is C16H25FIN3O2. The SMILES string of the molecule is CN=C(NCCc1ccccc1F)NCC(=O)OC(C)(C)C.I. The molecule has 130 valence electrons. The van der Waals surface area contributed by atoms with Gasteiger partial charge in [-0.15, -0.1) is 24.0 Å². The number of halogens is 2. The largest absolute Gasteiger partial charge is 0.459 e. The first-order valence-electron chi connectivity index (χ1n) is 7.21. The van der Waals surface area contributed by atoms with Crippen molar-refractivity contribution < 1.29 is 13.9 Å². The zero-order chi connectivity index (χ0) is 16.6. The smallest absolute Gasteiger partial charge is 0.325 e. The van der Waals surface area contributed by atoms with Crippen LogP contribution in [0.3, 0.4) is 0 Å². The fourth-order valence-electron chi connectivity index (χ4n) is 1.77. The van der Waals surface area contributed by atoms with Crippen LogP contribution in [0, 0.1) is 5.82 Å². The number of carbonyl (C=O) groups is 1. The Morgan fingerprint density at radius 2 is 1.91 bits per heavy atom. The average molecular weight is 437 g/mol. The van der Waals surface area contributed by atoms with Crippen LogP contribution in [-0.4, -0.2) is 37.7 Å². The molecule has 0 aliphatic rings. The predicted octanol–water partition coefficient (Wildman–Crippen LogP) is 2.49. The van der Waals surface area contributed by atoms with Gasteiger partial charge in [0.2, 0.25) is 0 Å². The minimum Gasteiger partial charge on any atom is -0.459 e. The number of aliphatic imine (C=N–C) groups is 1. The van der Waals surface area contributed by atoms with E-state index in [1.54, 1.807) is 25.2 Å². The summed E-state index contributed by atoms with van der Waals surface area (Å²) in [5.41, 5.74) is 0.123. The van der Waals surface area contributed by atoms with Crippen molar-refractivity contribution in [2.24, 2.45) is 4.99 Å². The fraction of sp³-hybridized carbons (Fsp3) is 0.500. The van der Waals surface area contributed by atoms with Crippen LogP contribution in [0.5, 0.6) is 0 Å². The molecule has 1 aromatic carbocycles. The standard InChI is InChI=1S/C16H24FN3O2.HI/c1-16(2,3)22-14(21)11-20-15(18-4)19-10-9-12-7-5-6-8-13(12)17;/h5-8H,9-11H2,1-4H3,(H2,18,19,20);1H. The molecule has 0 heterocycles. The first-order valence-corrected chi connectivity index (χ1v) is 7.21. The zero-order valence-corrected chi connectivity index (χ0v) is 16.3. The van der Waals surface area contributed by atoms with Crippen LogP contribution in [0.1, 0.15) is 26.3 Å². The summed E-state index contributed by atoms with van der Waals surface area (Å²) in [5.74, 6) is -0.104. The normalized spacial score (nSPS) is 11.4. The summed E-state index contributed by atoms with van der Waals surface area (Å²) >= 11 is 0. The van der Waals surface area contributed by atoms with Gasteiger partial charge in [-0.25, -0.2) is 4.39 Å². The second-order valence-electron chi connectivity index (χ2n) is 5.78. The van der Waals surface area contributed by atoms with Crippen LogP contribution in [0.15, 0.2) is 29.3 Å². The van der Waals surface area contributed by atoms with Crippen molar-refractivity contribution in [2.75, 3.05) is 20.1 Å². The average Bonchev–Trinajstić information content (AvgIpc) is 2.42. The number of rotatable bonds is 5. The lowest BCUT2D eigenvalue weighted by Crippen LogP contribution is -2.42. The molecule has 0 bridgehead atoms. The van der Waals surface area contributed by atoms with Crippen molar-refractivity contribution in [2.45, 2.75) is 32.8 Å². The van der Waals surface area contributed by atoms with E-state index in [0.29, 0.717) is 24.5 Å². The second-order valence-corrected chi connectivity index (χ2v) is 5.78. The third-order valence-corrected chi connectivity index (χ3v) is 2.69. The number of ether oxygens (including phenoxy) is 1. The molecule has 0 aromatic heterocycles. The molecule has 1 aromatic rings. The maximum atomic E-state index is 13.5. The highest BCUT2D eigenvalue weighted by molar-refractivity contribution is 14.0. The number of nitrogens with zero attached hydrogens (tertiary/aromatic N) is 1. The molecule has 7 heteroatoms. The third kappa shape index (κ3) is 9.37. The number of hydrogen-bond acceptors (Lipinski definition) is 3. The minimum absolute atomic E-state index is 0. The number of hydrogen-bond donors (Lipinski definition) is 2. The van der Waals surface area contributed by atoms with Gasteiger partial charge < -0.3 is 15.4 Å². The highest BCUT2D eigenvalue weighted by Gasteiger charge is 2.16. The van der Waals surface area contributed by atoms with Gasteiger partial charge in [0.15, 0.2) is 5.96 Å². The van der Waals surface area contributed by atoms with Crippen molar-refractivity contribution >= 4 is 35.9 Å². The summed E-state index contributed by atoms with van der Waals surface area (Å²) in [6.07, 6.45) is 0.528. The molecule has 1 rings (SSSR count). The van der Waals surface area contributed by atoms with E-state index < -0.39 is 5.60 Å². The summed E-state index contributed by atoms with van der Waals surface area (Å²) in [6.45, 7) is 5.97. The van der Waals surface area contributed by atoms with Crippen LogP contribution in [0.4, 0.5) is 4.39 Å². The Hall–Kier alpha value is -1.38. The highest BCUT2D eigenvalue weighted by Crippen LogP contribution is 2.07. The topological polar surface area (TPSA) is 62.7 Å². The van der Waals surface area contributed by atoms with Crippen molar-refractivity contribution in [3.05, 3.63) is 35.6 Å². The number of benzene rings is 1. The predicted molar refractivity (Wildman–Crippen MR) is 101 cm³/mol. The van der Waals surface area contributed by atoms with E-state index in [2.05, 4.69) is 15.6 Å². The van der Waals surface area contributed by atoms with Crippen LogP contribution in [0.25, 0.3) is 0 Å². The molecule has 2 N–H and O–H groups in total. The molecule has 0 radical (unpaired) electrons. The van der Waals surface area contributed by atoms with E-state index >= 15 is 0 Å². The summed E-state index contributed by atoms with van der Waals surface area (Å²) in [6, 6.07) is 6.64. The lowest BCUT2D eigenvalue weighted by Gasteiger charge is -2.20. The molecule has 0 saturated heterocycles. The number of esters is 1. The first kappa shape index (κ1) is 21.6. The van der Waals surface area contributed by atoms with Gasteiger partial charge in [-0.05, 0) is 38.8 Å². The minimum atomic E-state index is -0.513. The number of carbonyl (C=O) groups excluding carboxylic acids is 1. The molecule has 0 amide bonds. The Morgan fingerprint density at radius 3 is 2.48 bits per heavy atom. The maximum Gasteiger partial charge on any atom is 0.325 e. The Kier molecular flexibility index (Phi) is 9.78. The summed E-state index contributed by atoms with van der Waals surface area (Å²) in [7, 11) is 1.60. The molecule has 0 spiro atoms. The molecule has 0 saturated carbocycles. The number of nitrogens with one attached hydrogen (secondary N) is 2. The molecule has 23 heavy (non-hydrogen) atoms. The Balaban J connectivity index is 0.00000484. The first-order chi connectivity index (χ1) is 10.3. The summed E-state index contributed by atoms with van der Waals surface area (Å²) in [5, 5.41) is 5.89. The molecule has 0 fully saturated rings. The lowest BCUT2D eigenvalue weighted by molar-refractivity contribution is -0.153. The fourth-order valence-corrected chi connectivity index (χ4v) is 1.77. The second kappa shape index (κ2) is 10.4. The van der Waals surface area contributed by atoms with Gasteiger partial charge in [0.1, 0.15) is 18.0 Å². The van der Waals surface area contributed by atoms with Gasteiger partial charge in [0.05, 0.1) is 0 Å². The summed E-state index contributed by atoms with van der Waals surface area (Å²) < 4.78 is 18.7. The number of guanidine groups is 1. The maximum absolute atomic E-state index is 13.5. The molecule has 0 unspecified atom stereocenters. The van der Waals surface area contributed by atoms with Crippen LogP contribution >= 0.6 is 24.0 Å². The Morgan fingerprint density at radius 1 is 1.26 bits per heavy atom. The van der Waals surface area contributed by atoms with E-state index in [1.165, 1.54) is 6.07 Å².